The first-order valence-corrected chi connectivity index (χ1v) is 4.37. The largest absolute Gasteiger partial charge is 0.393 e. The summed E-state index contributed by atoms with van der Waals surface area (Å²) in [5, 5.41) is 0. The van der Waals surface area contributed by atoms with Crippen molar-refractivity contribution in [2.75, 3.05) is 0 Å². The maximum atomic E-state index is 11.3. The molecule has 2 heterocycles. The van der Waals surface area contributed by atoms with Crippen molar-refractivity contribution < 1.29 is 19.1 Å². The molecule has 66 valence electrons. The molecule has 4 aliphatic rings. The Balaban J connectivity index is 1.88. The molecule has 0 amide bonds. The number of cyclic esters (lactones) is 2. The highest BCUT2D eigenvalue weighted by Crippen LogP contribution is 2.66. The van der Waals surface area contributed by atoms with Gasteiger partial charge in [0.1, 0.15) is 17.6 Å². The zero-order chi connectivity index (χ0) is 8.79. The van der Waals surface area contributed by atoms with E-state index in [1.54, 1.807) is 0 Å². The third kappa shape index (κ3) is 0.441. The highest BCUT2D eigenvalue weighted by Gasteiger charge is 2.80. The Morgan fingerprint density at radius 1 is 1.23 bits per heavy atom. The summed E-state index contributed by atoms with van der Waals surface area (Å²) in [6.07, 6.45) is 3.83. The van der Waals surface area contributed by atoms with Gasteiger partial charge in [-0.05, 0) is 0 Å². The average molecular weight is 178 g/mol. The maximum absolute atomic E-state index is 11.3. The van der Waals surface area contributed by atoms with Crippen LogP contribution in [0.1, 0.15) is 0 Å². The Hall–Kier alpha value is -1.16. The second-order valence-corrected chi connectivity index (χ2v) is 4.07. The summed E-state index contributed by atoms with van der Waals surface area (Å²) in [4.78, 5) is 22.6. The van der Waals surface area contributed by atoms with Crippen molar-refractivity contribution in [1.29, 1.82) is 0 Å². The van der Waals surface area contributed by atoms with Crippen LogP contribution in [0.2, 0.25) is 0 Å². The molecule has 0 aromatic carbocycles. The van der Waals surface area contributed by atoms with Crippen molar-refractivity contribution in [2.24, 2.45) is 17.8 Å². The van der Waals surface area contributed by atoms with Crippen molar-refractivity contribution in [3.8, 4) is 0 Å². The van der Waals surface area contributed by atoms with E-state index in [1.165, 1.54) is 0 Å². The predicted molar refractivity (Wildman–Crippen MR) is 38.3 cm³/mol. The summed E-state index contributed by atoms with van der Waals surface area (Å²) in [6.45, 7) is 0. The summed E-state index contributed by atoms with van der Waals surface area (Å²) in [5.41, 5.74) is -0.246. The van der Waals surface area contributed by atoms with Crippen LogP contribution in [0, 0.1) is 17.8 Å². The molecule has 2 aliphatic carbocycles. The average Bonchev–Trinajstić information content (AvgIpc) is 2.68. The number of esters is 2. The Morgan fingerprint density at radius 3 is 2.69 bits per heavy atom. The number of rotatable bonds is 0. The fraction of sp³-hybridized carbons (Fsp3) is 0.556. The van der Waals surface area contributed by atoms with Gasteiger partial charge >= 0.3 is 11.9 Å². The van der Waals surface area contributed by atoms with E-state index in [9.17, 15) is 9.59 Å². The standard InChI is InChI=1S/C9H6O4/c10-7-4-3-1-2-9(3)6(13-9)5(4)8(11)12-7/h1-6H. The number of hydrogen-bond donors (Lipinski definition) is 0. The van der Waals surface area contributed by atoms with Gasteiger partial charge in [0.2, 0.25) is 0 Å². The minimum atomic E-state index is -0.395. The molecule has 2 saturated heterocycles. The summed E-state index contributed by atoms with van der Waals surface area (Å²) in [6, 6.07) is 0. The van der Waals surface area contributed by atoms with Gasteiger partial charge in [-0.2, -0.15) is 0 Å². The monoisotopic (exact) mass is 178 g/mol. The lowest BCUT2D eigenvalue weighted by Crippen LogP contribution is -2.33. The predicted octanol–water partition coefficient (Wildman–Crippen LogP) is -0.361. The van der Waals surface area contributed by atoms with E-state index < -0.39 is 5.97 Å². The molecule has 2 aliphatic heterocycles. The van der Waals surface area contributed by atoms with Gasteiger partial charge in [0.05, 0.1) is 5.92 Å². The molecule has 5 unspecified atom stereocenters. The molecule has 0 N–H and O–H groups in total. The number of hydrogen-bond acceptors (Lipinski definition) is 4. The van der Waals surface area contributed by atoms with Crippen LogP contribution in [-0.2, 0) is 19.1 Å². The molecule has 0 bridgehead atoms. The Morgan fingerprint density at radius 2 is 2.00 bits per heavy atom. The third-order valence-electron chi connectivity index (χ3n) is 3.65. The molecule has 5 atom stereocenters. The van der Waals surface area contributed by atoms with Crippen LogP contribution in [0.4, 0.5) is 0 Å². The first-order chi connectivity index (χ1) is 6.24. The molecule has 1 saturated carbocycles. The van der Waals surface area contributed by atoms with Crippen LogP contribution in [0.3, 0.4) is 0 Å². The topological polar surface area (TPSA) is 55.9 Å². The molecule has 4 nitrogen and oxygen atoms in total. The van der Waals surface area contributed by atoms with Gasteiger partial charge in [-0.3, -0.25) is 9.59 Å². The second kappa shape index (κ2) is 1.46. The minimum Gasteiger partial charge on any atom is -0.393 e. The molecule has 4 heteroatoms. The van der Waals surface area contributed by atoms with E-state index in [2.05, 4.69) is 4.74 Å². The molecule has 0 aromatic heterocycles. The van der Waals surface area contributed by atoms with Gasteiger partial charge in [-0.1, -0.05) is 12.2 Å². The quantitative estimate of drug-likeness (QED) is 0.220. The molecule has 0 radical (unpaired) electrons. The summed E-state index contributed by atoms with van der Waals surface area (Å²) >= 11 is 0. The van der Waals surface area contributed by atoms with E-state index in [0.29, 0.717) is 0 Å². The summed E-state index contributed by atoms with van der Waals surface area (Å²) < 4.78 is 10.0. The number of epoxide rings is 1. The number of carbonyl (C=O) groups is 2. The first-order valence-electron chi connectivity index (χ1n) is 4.37. The molecular formula is C9H6O4. The van der Waals surface area contributed by atoms with Crippen molar-refractivity contribution >= 4 is 11.9 Å². The van der Waals surface area contributed by atoms with Crippen LogP contribution in [-0.4, -0.2) is 23.6 Å². The van der Waals surface area contributed by atoms with Gasteiger partial charge in [0, 0.05) is 5.92 Å². The number of ether oxygens (including phenoxy) is 2. The fourth-order valence-corrected chi connectivity index (χ4v) is 2.95. The molecule has 4 rings (SSSR count). The van der Waals surface area contributed by atoms with Gasteiger partial charge in [-0.15, -0.1) is 0 Å². The van der Waals surface area contributed by atoms with E-state index in [1.807, 2.05) is 12.2 Å². The Kier molecular flexibility index (Phi) is 0.708. The SMILES string of the molecule is O=C1OC(=O)C2C1C1C=CC13OC23. The smallest absolute Gasteiger partial charge is 0.320 e. The van der Waals surface area contributed by atoms with Crippen molar-refractivity contribution in [1.82, 2.24) is 0 Å². The zero-order valence-electron chi connectivity index (χ0n) is 6.60. The van der Waals surface area contributed by atoms with Crippen LogP contribution < -0.4 is 0 Å². The molecule has 13 heavy (non-hydrogen) atoms. The van der Waals surface area contributed by atoms with Crippen molar-refractivity contribution in [3.63, 3.8) is 0 Å². The van der Waals surface area contributed by atoms with Gasteiger partial charge in [0.15, 0.2) is 0 Å². The van der Waals surface area contributed by atoms with Crippen molar-refractivity contribution in [3.05, 3.63) is 12.2 Å². The Bertz CT molecular complexity index is 385. The number of carbonyl (C=O) groups excluding carboxylic acids is 2. The minimum absolute atomic E-state index is 0.0774. The van der Waals surface area contributed by atoms with Crippen LogP contribution in [0.5, 0.6) is 0 Å². The van der Waals surface area contributed by atoms with E-state index in [-0.39, 0.29) is 35.4 Å². The highest BCUT2D eigenvalue weighted by atomic mass is 16.6. The van der Waals surface area contributed by atoms with Gasteiger partial charge in [-0.25, -0.2) is 0 Å². The fourth-order valence-electron chi connectivity index (χ4n) is 2.95. The van der Waals surface area contributed by atoms with E-state index in [4.69, 9.17) is 4.74 Å². The maximum Gasteiger partial charge on any atom is 0.320 e. The summed E-state index contributed by atoms with van der Waals surface area (Å²) in [7, 11) is 0. The lowest BCUT2D eigenvalue weighted by atomic mass is 9.78. The van der Waals surface area contributed by atoms with Crippen LogP contribution >= 0.6 is 0 Å². The second-order valence-electron chi connectivity index (χ2n) is 4.07. The first kappa shape index (κ1) is 6.32. The summed E-state index contributed by atoms with van der Waals surface area (Å²) in [5.74, 6) is -1.24. The number of fused-ring (bicyclic) bond motifs is 3. The zero-order valence-corrected chi connectivity index (χ0v) is 6.60. The van der Waals surface area contributed by atoms with Crippen LogP contribution in [0.15, 0.2) is 12.2 Å². The normalized spacial score (nSPS) is 59.4. The van der Waals surface area contributed by atoms with Gasteiger partial charge in [0.25, 0.3) is 0 Å². The molecule has 1 spiro atoms. The van der Waals surface area contributed by atoms with Crippen LogP contribution in [0.25, 0.3) is 0 Å². The van der Waals surface area contributed by atoms with Gasteiger partial charge < -0.3 is 9.47 Å². The third-order valence-corrected chi connectivity index (χ3v) is 3.65. The van der Waals surface area contributed by atoms with E-state index in [0.717, 1.165) is 0 Å². The van der Waals surface area contributed by atoms with Crippen molar-refractivity contribution in [2.45, 2.75) is 11.7 Å². The highest BCUT2D eigenvalue weighted by molar-refractivity contribution is 5.99. The Labute approximate surface area is 73.5 Å². The lowest BCUT2D eigenvalue weighted by Gasteiger charge is -2.25. The molecule has 0 aromatic rings. The lowest BCUT2D eigenvalue weighted by molar-refractivity contribution is -0.154. The van der Waals surface area contributed by atoms with E-state index >= 15 is 0 Å². The molecule has 3 fully saturated rings. The molecular weight excluding hydrogens is 172 g/mol.